The van der Waals surface area contributed by atoms with Crippen molar-refractivity contribution in [3.05, 3.63) is 64.0 Å². The fourth-order valence-electron chi connectivity index (χ4n) is 2.76. The molecule has 2 aromatic heterocycles. The smallest absolute Gasteiger partial charge is 0.266 e. The number of rotatable bonds is 7. The highest BCUT2D eigenvalue weighted by atomic mass is 32.2. The van der Waals surface area contributed by atoms with Gasteiger partial charge in [0.05, 0.1) is 24.2 Å². The van der Waals surface area contributed by atoms with Crippen LogP contribution >= 0.6 is 0 Å². The van der Waals surface area contributed by atoms with E-state index in [0.29, 0.717) is 5.82 Å². The van der Waals surface area contributed by atoms with Crippen LogP contribution in [0.3, 0.4) is 0 Å². The summed E-state index contributed by atoms with van der Waals surface area (Å²) in [6.45, 7) is 3.59. The van der Waals surface area contributed by atoms with Crippen LogP contribution in [0, 0.1) is 19.7 Å². The molecule has 9 nitrogen and oxygen atoms in total. The van der Waals surface area contributed by atoms with Gasteiger partial charge < -0.3 is 4.74 Å². The molecular weight excluding hydrogens is 401 g/mol. The minimum atomic E-state index is -3.96. The molecule has 3 aromatic rings. The lowest BCUT2D eigenvalue weighted by Crippen LogP contribution is -2.32. The summed E-state index contributed by atoms with van der Waals surface area (Å²) in [6.07, 6.45) is 0. The average molecular weight is 421 g/mol. The van der Waals surface area contributed by atoms with Gasteiger partial charge in [0.2, 0.25) is 10.0 Å². The summed E-state index contributed by atoms with van der Waals surface area (Å²) in [5, 5.41) is 8.55. The first kappa shape index (κ1) is 20.7. The molecule has 0 unspecified atom stereocenters. The molecule has 0 aliphatic carbocycles. The number of aromatic nitrogens is 4. The van der Waals surface area contributed by atoms with E-state index in [4.69, 9.17) is 4.74 Å². The Kier molecular flexibility index (Phi) is 5.80. The van der Waals surface area contributed by atoms with Crippen LogP contribution in [0.25, 0.3) is 5.82 Å². The van der Waals surface area contributed by atoms with E-state index in [2.05, 4.69) is 14.9 Å². The molecular formula is C18H20FN5O4S. The first-order valence-corrected chi connectivity index (χ1v) is 10.1. The highest BCUT2D eigenvalue weighted by molar-refractivity contribution is 7.89. The summed E-state index contributed by atoms with van der Waals surface area (Å²) in [5.41, 5.74) is 1.27. The van der Waals surface area contributed by atoms with Gasteiger partial charge in [-0.3, -0.25) is 4.79 Å². The molecule has 2 heterocycles. The Labute approximate surface area is 166 Å². The van der Waals surface area contributed by atoms with Gasteiger partial charge in [0.25, 0.3) is 5.56 Å². The Morgan fingerprint density at radius 3 is 2.52 bits per heavy atom. The lowest BCUT2D eigenvalue weighted by Gasteiger charge is -2.10. The molecule has 0 aliphatic rings. The fourth-order valence-corrected chi connectivity index (χ4v) is 3.79. The quantitative estimate of drug-likeness (QED) is 0.614. The average Bonchev–Trinajstić information content (AvgIpc) is 3.01. The van der Waals surface area contributed by atoms with Crippen LogP contribution < -0.4 is 15.0 Å². The van der Waals surface area contributed by atoms with Gasteiger partial charge in [-0.25, -0.2) is 26.9 Å². The number of nitrogens with one attached hydrogen (secondary N) is 1. The second-order valence-electron chi connectivity index (χ2n) is 6.29. The van der Waals surface area contributed by atoms with E-state index in [9.17, 15) is 17.6 Å². The topological polar surface area (TPSA) is 108 Å². The second kappa shape index (κ2) is 8.13. The van der Waals surface area contributed by atoms with Crippen molar-refractivity contribution in [3.63, 3.8) is 0 Å². The molecule has 0 radical (unpaired) electrons. The number of ether oxygens (including phenoxy) is 1. The highest BCUT2D eigenvalue weighted by Crippen LogP contribution is 2.20. The Morgan fingerprint density at radius 1 is 1.14 bits per heavy atom. The van der Waals surface area contributed by atoms with E-state index in [1.807, 2.05) is 19.9 Å². The van der Waals surface area contributed by atoms with Gasteiger partial charge in [-0.15, -0.1) is 5.10 Å². The minimum absolute atomic E-state index is 0.0101. The third-order valence-electron chi connectivity index (χ3n) is 4.13. The highest BCUT2D eigenvalue weighted by Gasteiger charge is 2.16. The molecule has 0 fully saturated rings. The maximum absolute atomic E-state index is 13.8. The summed E-state index contributed by atoms with van der Waals surface area (Å²) in [4.78, 5) is 11.8. The number of aryl methyl sites for hydroxylation is 2. The minimum Gasteiger partial charge on any atom is -0.494 e. The molecule has 1 N–H and O–H groups in total. The molecule has 11 heteroatoms. The van der Waals surface area contributed by atoms with E-state index < -0.39 is 15.8 Å². The standard InChI is InChI=1S/C18H20FN5O4S/c1-12-10-13(2)24(21-12)17-6-7-18(25)23(22-17)9-8-20-29(26,27)14-4-5-16(28-3)15(19)11-14/h4-7,10-11,20H,8-9H2,1-3H3. The summed E-state index contributed by atoms with van der Waals surface area (Å²) in [5.74, 6) is -0.401. The van der Waals surface area contributed by atoms with Crippen molar-refractivity contribution in [2.24, 2.45) is 0 Å². The van der Waals surface area contributed by atoms with Gasteiger partial charge in [0.15, 0.2) is 17.4 Å². The first-order valence-electron chi connectivity index (χ1n) is 8.66. The third-order valence-corrected chi connectivity index (χ3v) is 5.59. The van der Waals surface area contributed by atoms with E-state index in [1.54, 1.807) is 10.7 Å². The van der Waals surface area contributed by atoms with Gasteiger partial charge >= 0.3 is 0 Å². The number of hydrogen-bond acceptors (Lipinski definition) is 6. The molecule has 3 rings (SSSR count). The van der Waals surface area contributed by atoms with Crippen LogP contribution in [0.1, 0.15) is 11.4 Å². The summed E-state index contributed by atoms with van der Waals surface area (Å²) < 4.78 is 48.3. The van der Waals surface area contributed by atoms with Crippen molar-refractivity contribution in [2.45, 2.75) is 25.3 Å². The molecule has 0 atom stereocenters. The van der Waals surface area contributed by atoms with Gasteiger partial charge in [0, 0.05) is 18.3 Å². The zero-order valence-electron chi connectivity index (χ0n) is 16.1. The fraction of sp³-hybridized carbons (Fsp3) is 0.278. The van der Waals surface area contributed by atoms with E-state index in [1.165, 1.54) is 25.3 Å². The predicted molar refractivity (Wildman–Crippen MR) is 103 cm³/mol. The Balaban J connectivity index is 1.74. The van der Waals surface area contributed by atoms with Gasteiger partial charge in [-0.2, -0.15) is 5.10 Å². The van der Waals surface area contributed by atoms with Crippen molar-refractivity contribution < 1.29 is 17.5 Å². The van der Waals surface area contributed by atoms with Crippen molar-refractivity contribution in [2.75, 3.05) is 13.7 Å². The van der Waals surface area contributed by atoms with Crippen LogP contribution in [0.15, 0.2) is 46.1 Å². The van der Waals surface area contributed by atoms with Crippen molar-refractivity contribution >= 4 is 10.0 Å². The summed E-state index contributed by atoms with van der Waals surface area (Å²) in [6, 6.07) is 8.09. The predicted octanol–water partition coefficient (Wildman–Crippen LogP) is 1.17. The molecule has 0 amide bonds. The van der Waals surface area contributed by atoms with Gasteiger partial charge in [-0.1, -0.05) is 0 Å². The third kappa shape index (κ3) is 4.51. The summed E-state index contributed by atoms with van der Waals surface area (Å²) in [7, 11) is -2.68. The maximum atomic E-state index is 13.8. The normalized spacial score (nSPS) is 11.6. The van der Waals surface area contributed by atoms with Crippen LogP contribution in [0.5, 0.6) is 5.75 Å². The Hall–Kier alpha value is -3.05. The number of benzene rings is 1. The molecule has 154 valence electrons. The van der Waals surface area contributed by atoms with Crippen molar-refractivity contribution in [1.82, 2.24) is 24.3 Å². The van der Waals surface area contributed by atoms with Crippen molar-refractivity contribution in [1.29, 1.82) is 0 Å². The van der Waals surface area contributed by atoms with Crippen LogP contribution in [0.4, 0.5) is 4.39 Å². The molecule has 0 bridgehead atoms. The number of halogens is 1. The van der Waals surface area contributed by atoms with Crippen LogP contribution in [0.2, 0.25) is 0 Å². The van der Waals surface area contributed by atoms with E-state index >= 15 is 0 Å². The Bertz CT molecular complexity index is 1200. The van der Waals surface area contributed by atoms with E-state index in [-0.39, 0.29) is 29.3 Å². The Morgan fingerprint density at radius 2 is 1.90 bits per heavy atom. The molecule has 1 aromatic carbocycles. The first-order chi connectivity index (χ1) is 13.7. The molecule has 29 heavy (non-hydrogen) atoms. The second-order valence-corrected chi connectivity index (χ2v) is 8.05. The largest absolute Gasteiger partial charge is 0.494 e. The van der Waals surface area contributed by atoms with Crippen LogP contribution in [-0.2, 0) is 16.6 Å². The number of hydrogen-bond donors (Lipinski definition) is 1. The van der Waals surface area contributed by atoms with Crippen LogP contribution in [-0.4, -0.2) is 41.6 Å². The maximum Gasteiger partial charge on any atom is 0.266 e. The molecule has 0 saturated heterocycles. The lowest BCUT2D eigenvalue weighted by molar-refractivity contribution is 0.385. The van der Waals surface area contributed by atoms with E-state index in [0.717, 1.165) is 22.1 Å². The monoisotopic (exact) mass is 421 g/mol. The van der Waals surface area contributed by atoms with Gasteiger partial charge in [-0.05, 0) is 44.2 Å². The number of sulfonamides is 1. The summed E-state index contributed by atoms with van der Waals surface area (Å²) >= 11 is 0. The molecule has 0 aliphatic heterocycles. The number of methoxy groups -OCH3 is 1. The zero-order chi connectivity index (χ0) is 21.2. The van der Waals surface area contributed by atoms with Gasteiger partial charge in [0.1, 0.15) is 0 Å². The zero-order valence-corrected chi connectivity index (χ0v) is 16.9. The van der Waals surface area contributed by atoms with Crippen molar-refractivity contribution in [3.8, 4) is 11.6 Å². The lowest BCUT2D eigenvalue weighted by atomic mass is 10.3. The molecule has 0 spiro atoms. The number of nitrogens with zero attached hydrogens (tertiary/aromatic N) is 4. The molecule has 0 saturated carbocycles. The SMILES string of the molecule is COc1ccc(S(=O)(=O)NCCn2nc(-n3nc(C)cc3C)ccc2=O)cc1F.